The molecule has 0 atom stereocenters. The SMILES string of the molecule is Cc1ccc(Nc2cc(Nc3ccc(NC(=O)Nc4ccccc4Cl)cc3)nc(C)n2)cc1. The maximum atomic E-state index is 12.2. The minimum absolute atomic E-state index is 0.373. The van der Waals surface area contributed by atoms with Gasteiger partial charge < -0.3 is 21.3 Å². The molecule has 4 aromatic rings. The van der Waals surface area contributed by atoms with E-state index in [2.05, 4.69) is 31.2 Å². The summed E-state index contributed by atoms with van der Waals surface area (Å²) in [4.78, 5) is 21.1. The third-order valence-electron chi connectivity index (χ3n) is 4.70. The van der Waals surface area contributed by atoms with Crippen molar-refractivity contribution in [3.8, 4) is 0 Å². The van der Waals surface area contributed by atoms with Crippen LogP contribution in [0.4, 0.5) is 39.2 Å². The Hall–Kier alpha value is -4.10. The van der Waals surface area contributed by atoms with Gasteiger partial charge >= 0.3 is 6.03 Å². The molecule has 1 aromatic heterocycles. The Kier molecular flexibility index (Phi) is 6.71. The number of carbonyl (C=O) groups excluding carboxylic acids is 1. The summed E-state index contributed by atoms with van der Waals surface area (Å²) in [5.74, 6) is 2.00. The van der Waals surface area contributed by atoms with Gasteiger partial charge in [-0.1, -0.05) is 41.4 Å². The van der Waals surface area contributed by atoms with Gasteiger partial charge in [-0.2, -0.15) is 0 Å². The molecule has 0 fully saturated rings. The molecule has 0 bridgehead atoms. The zero-order valence-corrected chi connectivity index (χ0v) is 18.9. The number of aromatic nitrogens is 2. The molecule has 0 spiro atoms. The highest BCUT2D eigenvalue weighted by molar-refractivity contribution is 6.33. The van der Waals surface area contributed by atoms with Crippen molar-refractivity contribution in [1.29, 1.82) is 0 Å². The number of benzene rings is 3. The predicted octanol–water partition coefficient (Wildman–Crippen LogP) is 6.88. The second kappa shape index (κ2) is 10.0. The molecular formula is C25H23ClN6O. The van der Waals surface area contributed by atoms with Crippen molar-refractivity contribution in [3.63, 3.8) is 0 Å². The lowest BCUT2D eigenvalue weighted by atomic mass is 10.2. The Bertz CT molecular complexity index is 1260. The highest BCUT2D eigenvalue weighted by Crippen LogP contribution is 2.23. The van der Waals surface area contributed by atoms with Crippen LogP contribution >= 0.6 is 11.6 Å². The molecule has 4 rings (SSSR count). The second-order valence-electron chi connectivity index (χ2n) is 7.44. The van der Waals surface area contributed by atoms with Crippen molar-refractivity contribution in [3.05, 3.63) is 95.3 Å². The van der Waals surface area contributed by atoms with Crippen LogP contribution in [-0.2, 0) is 0 Å². The van der Waals surface area contributed by atoms with E-state index >= 15 is 0 Å². The van der Waals surface area contributed by atoms with E-state index in [9.17, 15) is 4.79 Å². The Morgan fingerprint density at radius 2 is 1.27 bits per heavy atom. The van der Waals surface area contributed by atoms with Gasteiger partial charge in [0.05, 0.1) is 10.7 Å². The van der Waals surface area contributed by atoms with Crippen molar-refractivity contribution < 1.29 is 4.79 Å². The van der Waals surface area contributed by atoms with Crippen LogP contribution in [0.2, 0.25) is 5.02 Å². The van der Waals surface area contributed by atoms with Crippen molar-refractivity contribution in [2.75, 3.05) is 21.3 Å². The van der Waals surface area contributed by atoms with E-state index in [4.69, 9.17) is 11.6 Å². The number of aryl methyl sites for hydroxylation is 2. The smallest absolute Gasteiger partial charge is 0.323 e. The van der Waals surface area contributed by atoms with Crippen molar-refractivity contribution in [2.24, 2.45) is 0 Å². The van der Waals surface area contributed by atoms with Crippen molar-refractivity contribution >= 4 is 52.0 Å². The third-order valence-corrected chi connectivity index (χ3v) is 5.03. The second-order valence-corrected chi connectivity index (χ2v) is 7.85. The molecule has 3 aromatic carbocycles. The number of anilines is 6. The lowest BCUT2D eigenvalue weighted by molar-refractivity contribution is 0.262. The monoisotopic (exact) mass is 458 g/mol. The molecule has 1 heterocycles. The van der Waals surface area contributed by atoms with Gasteiger partial charge in [-0.25, -0.2) is 14.8 Å². The quantitative estimate of drug-likeness (QED) is 0.253. The fourth-order valence-corrected chi connectivity index (χ4v) is 3.30. The van der Waals surface area contributed by atoms with E-state index in [1.807, 2.05) is 56.3 Å². The van der Waals surface area contributed by atoms with Crippen LogP contribution in [0.25, 0.3) is 0 Å². The molecule has 166 valence electrons. The van der Waals surface area contributed by atoms with Gasteiger partial charge in [0.15, 0.2) is 0 Å². The van der Waals surface area contributed by atoms with Gasteiger partial charge in [-0.15, -0.1) is 0 Å². The molecular weight excluding hydrogens is 436 g/mol. The number of rotatable bonds is 6. The number of para-hydroxylation sites is 1. The average molecular weight is 459 g/mol. The number of urea groups is 1. The number of nitrogens with zero attached hydrogens (tertiary/aromatic N) is 2. The molecule has 0 saturated carbocycles. The molecule has 33 heavy (non-hydrogen) atoms. The van der Waals surface area contributed by atoms with E-state index < -0.39 is 0 Å². The third kappa shape index (κ3) is 6.21. The fraction of sp³-hybridized carbons (Fsp3) is 0.0800. The average Bonchev–Trinajstić information content (AvgIpc) is 2.78. The van der Waals surface area contributed by atoms with E-state index in [-0.39, 0.29) is 6.03 Å². The number of hydrogen-bond donors (Lipinski definition) is 4. The molecule has 0 radical (unpaired) electrons. The first-order chi connectivity index (χ1) is 15.9. The summed E-state index contributed by atoms with van der Waals surface area (Å²) in [7, 11) is 0. The molecule has 4 N–H and O–H groups in total. The van der Waals surface area contributed by atoms with Gasteiger partial charge in [0.2, 0.25) is 0 Å². The molecule has 0 saturated heterocycles. The normalized spacial score (nSPS) is 10.4. The Labute approximate surface area is 197 Å². The Morgan fingerprint density at radius 3 is 1.88 bits per heavy atom. The van der Waals surface area contributed by atoms with Crippen molar-refractivity contribution in [1.82, 2.24) is 9.97 Å². The minimum atomic E-state index is -0.373. The maximum absolute atomic E-state index is 12.2. The number of hydrogen-bond acceptors (Lipinski definition) is 5. The van der Waals surface area contributed by atoms with E-state index in [1.54, 1.807) is 36.4 Å². The summed E-state index contributed by atoms with van der Waals surface area (Å²) >= 11 is 6.08. The van der Waals surface area contributed by atoms with Gasteiger partial charge in [0.25, 0.3) is 0 Å². The van der Waals surface area contributed by atoms with Crippen LogP contribution in [0.3, 0.4) is 0 Å². The highest BCUT2D eigenvalue weighted by Gasteiger charge is 2.07. The zero-order valence-electron chi connectivity index (χ0n) is 18.2. The fourth-order valence-electron chi connectivity index (χ4n) is 3.11. The van der Waals surface area contributed by atoms with Crippen LogP contribution in [0.5, 0.6) is 0 Å². The molecule has 0 aliphatic rings. The summed E-state index contributed by atoms with van der Waals surface area (Å²) in [6.45, 7) is 3.89. The van der Waals surface area contributed by atoms with Crippen LogP contribution < -0.4 is 21.3 Å². The predicted molar refractivity (Wildman–Crippen MR) is 135 cm³/mol. The minimum Gasteiger partial charge on any atom is -0.340 e. The zero-order chi connectivity index (χ0) is 23.2. The lowest BCUT2D eigenvalue weighted by Crippen LogP contribution is -2.19. The van der Waals surface area contributed by atoms with E-state index in [0.717, 1.165) is 11.4 Å². The van der Waals surface area contributed by atoms with Gasteiger partial charge in [-0.3, -0.25) is 0 Å². The van der Waals surface area contributed by atoms with Crippen LogP contribution in [0, 0.1) is 13.8 Å². The standard InChI is InChI=1S/C25H23ClN6O/c1-16-7-9-18(10-8-16)29-23-15-24(28-17(2)27-23)30-19-11-13-20(14-12-19)31-25(33)32-22-6-4-3-5-21(22)26/h3-15H,1-2H3,(H2,31,32,33)(H2,27,28,29,30). The van der Waals surface area contributed by atoms with E-state index in [1.165, 1.54) is 5.56 Å². The first-order valence-electron chi connectivity index (χ1n) is 10.3. The Morgan fingerprint density at radius 1 is 0.727 bits per heavy atom. The van der Waals surface area contributed by atoms with Crippen LogP contribution in [0.15, 0.2) is 78.9 Å². The summed E-state index contributed by atoms with van der Waals surface area (Å²) in [6.07, 6.45) is 0. The maximum Gasteiger partial charge on any atom is 0.323 e. The molecule has 0 aliphatic heterocycles. The molecule has 2 amide bonds. The molecule has 8 heteroatoms. The van der Waals surface area contributed by atoms with Crippen molar-refractivity contribution in [2.45, 2.75) is 13.8 Å². The first-order valence-corrected chi connectivity index (χ1v) is 10.7. The molecule has 7 nitrogen and oxygen atoms in total. The van der Waals surface area contributed by atoms with Gasteiger partial charge in [0.1, 0.15) is 17.5 Å². The van der Waals surface area contributed by atoms with Crippen LogP contribution in [0.1, 0.15) is 11.4 Å². The summed E-state index contributed by atoms with van der Waals surface area (Å²) in [6, 6.07) is 23.9. The summed E-state index contributed by atoms with van der Waals surface area (Å²) in [5.41, 5.74) is 4.16. The summed E-state index contributed by atoms with van der Waals surface area (Å²) < 4.78 is 0. The lowest BCUT2D eigenvalue weighted by Gasteiger charge is -2.12. The first kappa shape index (κ1) is 22.1. The number of carbonyl (C=O) groups is 1. The summed E-state index contributed by atoms with van der Waals surface area (Å²) in [5, 5.41) is 12.6. The van der Waals surface area contributed by atoms with Gasteiger partial charge in [-0.05, 0) is 62.4 Å². The Balaban J connectivity index is 1.39. The van der Waals surface area contributed by atoms with Crippen LogP contribution in [-0.4, -0.2) is 16.0 Å². The number of halogens is 1. The number of amides is 2. The van der Waals surface area contributed by atoms with E-state index in [0.29, 0.717) is 33.9 Å². The highest BCUT2D eigenvalue weighted by atomic mass is 35.5. The number of nitrogens with one attached hydrogen (secondary N) is 4. The molecule has 0 unspecified atom stereocenters. The molecule has 0 aliphatic carbocycles. The van der Waals surface area contributed by atoms with Gasteiger partial charge in [0, 0.05) is 23.1 Å². The largest absolute Gasteiger partial charge is 0.340 e. The topological polar surface area (TPSA) is 91.0 Å².